The number of likely N-dealkylation sites (tertiary alicyclic amines) is 1. The van der Waals surface area contributed by atoms with Crippen LogP contribution < -0.4 is 9.47 Å². The lowest BCUT2D eigenvalue weighted by Crippen LogP contribution is -2.54. The van der Waals surface area contributed by atoms with Crippen LogP contribution in [0.5, 0.6) is 11.5 Å². The average molecular weight is 577 g/mol. The van der Waals surface area contributed by atoms with Crippen molar-refractivity contribution in [1.29, 1.82) is 0 Å². The summed E-state index contributed by atoms with van der Waals surface area (Å²) in [7, 11) is 1.36. The normalized spacial score (nSPS) is 26.4. The zero-order chi connectivity index (χ0) is 29.7. The average Bonchev–Trinajstić information content (AvgIpc) is 3.69. The summed E-state index contributed by atoms with van der Waals surface area (Å²) >= 11 is 0. The van der Waals surface area contributed by atoms with Gasteiger partial charge < -0.3 is 19.3 Å². The highest BCUT2D eigenvalue weighted by atomic mass is 19.4. The van der Waals surface area contributed by atoms with Gasteiger partial charge in [0.15, 0.2) is 11.5 Å². The molecule has 0 aromatic heterocycles. The van der Waals surface area contributed by atoms with E-state index in [0.717, 1.165) is 34.6 Å². The van der Waals surface area contributed by atoms with Crippen LogP contribution in [0, 0.1) is 11.8 Å². The molecule has 10 nitrogen and oxygen atoms in total. The number of carbonyl (C=O) groups excluding carboxylic acids is 3. The fourth-order valence-electron chi connectivity index (χ4n) is 6.52. The van der Waals surface area contributed by atoms with E-state index in [0.29, 0.717) is 19.5 Å². The molecule has 2 aromatic carbocycles. The Bertz CT molecular complexity index is 1400. The number of methoxy groups -OCH3 is 1. The van der Waals surface area contributed by atoms with E-state index < -0.39 is 35.5 Å². The Kier molecular flexibility index (Phi) is 7.18. The maximum Gasteiger partial charge on any atom is 0.490 e. The van der Waals surface area contributed by atoms with Crippen molar-refractivity contribution >= 4 is 23.8 Å². The molecule has 0 spiro atoms. The molecule has 13 heteroatoms. The van der Waals surface area contributed by atoms with Gasteiger partial charge in [-0.1, -0.05) is 30.3 Å². The van der Waals surface area contributed by atoms with Gasteiger partial charge in [-0.25, -0.2) is 4.79 Å². The number of hydrogen-bond acceptors (Lipinski definition) is 8. The lowest BCUT2D eigenvalue weighted by molar-refractivity contribution is -0.192. The minimum absolute atomic E-state index is 0.194. The van der Waals surface area contributed by atoms with Crippen LogP contribution in [0.2, 0.25) is 0 Å². The van der Waals surface area contributed by atoms with Gasteiger partial charge in [-0.05, 0) is 55.1 Å². The minimum atomic E-state index is -5.08. The molecule has 3 saturated heterocycles. The van der Waals surface area contributed by atoms with Crippen LogP contribution in [-0.4, -0.2) is 77.4 Å². The summed E-state index contributed by atoms with van der Waals surface area (Å²) in [5, 5.41) is 7.12. The first-order chi connectivity index (χ1) is 19.4. The van der Waals surface area contributed by atoms with Crippen LogP contribution in [0.4, 0.5) is 13.2 Å². The number of halogens is 3. The van der Waals surface area contributed by atoms with E-state index in [2.05, 4.69) is 4.90 Å². The molecular formula is C28H27F3N2O8. The zero-order valence-corrected chi connectivity index (χ0v) is 22.1. The molecule has 4 aliphatic rings. The molecule has 0 saturated carbocycles. The van der Waals surface area contributed by atoms with Gasteiger partial charge in [-0.3, -0.25) is 24.2 Å². The van der Waals surface area contributed by atoms with Gasteiger partial charge in [-0.2, -0.15) is 13.2 Å². The predicted molar refractivity (Wildman–Crippen MR) is 134 cm³/mol. The van der Waals surface area contributed by atoms with E-state index in [4.69, 9.17) is 24.1 Å². The van der Waals surface area contributed by atoms with Crippen molar-refractivity contribution in [3.63, 3.8) is 0 Å². The Morgan fingerprint density at radius 1 is 1.05 bits per heavy atom. The van der Waals surface area contributed by atoms with Crippen molar-refractivity contribution in [1.82, 2.24) is 9.80 Å². The number of ether oxygens (including phenoxy) is 3. The van der Waals surface area contributed by atoms with Gasteiger partial charge in [-0.15, -0.1) is 0 Å². The second-order valence-electron chi connectivity index (χ2n) is 10.1. The quantitative estimate of drug-likeness (QED) is 0.431. The van der Waals surface area contributed by atoms with Crippen molar-refractivity contribution in [3.05, 3.63) is 48.0 Å². The first-order valence-corrected chi connectivity index (χ1v) is 13.0. The van der Waals surface area contributed by atoms with E-state index in [-0.39, 0.29) is 24.6 Å². The third-order valence-corrected chi connectivity index (χ3v) is 8.16. The van der Waals surface area contributed by atoms with E-state index in [1.807, 2.05) is 42.5 Å². The molecule has 2 amide bonds. The maximum absolute atomic E-state index is 13.4. The second-order valence-corrected chi connectivity index (χ2v) is 10.1. The highest BCUT2D eigenvalue weighted by Crippen LogP contribution is 2.59. The molecule has 4 atom stereocenters. The van der Waals surface area contributed by atoms with Crippen molar-refractivity contribution < 1.29 is 51.7 Å². The molecule has 1 N–H and O–H groups in total. The largest absolute Gasteiger partial charge is 0.490 e. The number of amides is 2. The first kappa shape index (κ1) is 28.4. The highest BCUT2D eigenvalue weighted by Gasteiger charge is 2.73. The zero-order valence-electron chi connectivity index (χ0n) is 22.1. The number of rotatable bonds is 4. The summed E-state index contributed by atoms with van der Waals surface area (Å²) in [6.45, 7) is 2.96. The lowest BCUT2D eigenvalue weighted by atomic mass is 9.77. The fraction of sp³-hybridized carbons (Fsp3) is 0.429. The number of fused-ring (bicyclic) bond motifs is 4. The fourth-order valence-corrected chi connectivity index (χ4v) is 6.52. The summed E-state index contributed by atoms with van der Waals surface area (Å²) in [6, 6.07) is 13.5. The third-order valence-electron chi connectivity index (χ3n) is 8.16. The van der Waals surface area contributed by atoms with Crippen LogP contribution in [0.25, 0.3) is 11.1 Å². The Hall–Kier alpha value is -4.13. The second kappa shape index (κ2) is 10.4. The summed E-state index contributed by atoms with van der Waals surface area (Å²) < 4.78 is 47.9. The molecule has 41 heavy (non-hydrogen) atoms. The number of nitrogens with zero attached hydrogens (tertiary/aromatic N) is 2. The maximum atomic E-state index is 13.4. The number of carboxylic acid groups (broad SMARTS) is 1. The SMILES string of the molecule is CCN1C(=O)[C@H]2[C@@H](c3ccc(-c4ccc5c(c4)OCO5)cc3)N3CCC[C@@]3(C(=O)OC)[C@H]2C1=O.O=C(O)C(F)(F)F. The Labute approximate surface area is 232 Å². The number of imide groups is 1. The summed E-state index contributed by atoms with van der Waals surface area (Å²) in [5.74, 6) is -3.48. The van der Waals surface area contributed by atoms with E-state index in [9.17, 15) is 27.6 Å². The van der Waals surface area contributed by atoms with Gasteiger partial charge in [0.05, 0.1) is 18.9 Å². The van der Waals surface area contributed by atoms with Crippen molar-refractivity contribution in [2.75, 3.05) is 27.0 Å². The third kappa shape index (κ3) is 4.48. The molecule has 218 valence electrons. The number of carboxylic acids is 1. The molecule has 6 rings (SSSR count). The topological polar surface area (TPSA) is 123 Å². The van der Waals surface area contributed by atoms with Crippen LogP contribution in [0.1, 0.15) is 31.4 Å². The van der Waals surface area contributed by atoms with Crippen molar-refractivity contribution in [3.8, 4) is 22.6 Å². The van der Waals surface area contributed by atoms with Crippen LogP contribution in [0.3, 0.4) is 0 Å². The molecule has 0 unspecified atom stereocenters. The molecule has 4 heterocycles. The minimum Gasteiger partial charge on any atom is -0.475 e. The van der Waals surface area contributed by atoms with Gasteiger partial charge >= 0.3 is 18.1 Å². The lowest BCUT2D eigenvalue weighted by Gasteiger charge is -2.36. The Morgan fingerprint density at radius 2 is 1.68 bits per heavy atom. The van der Waals surface area contributed by atoms with Gasteiger partial charge in [0.1, 0.15) is 5.54 Å². The van der Waals surface area contributed by atoms with Crippen molar-refractivity contribution in [2.45, 2.75) is 37.5 Å². The number of carbonyl (C=O) groups is 4. The molecule has 4 aliphatic heterocycles. The van der Waals surface area contributed by atoms with Gasteiger partial charge in [0.25, 0.3) is 0 Å². The Balaban J connectivity index is 0.000000431. The summed E-state index contributed by atoms with van der Waals surface area (Å²) in [4.78, 5) is 52.2. The predicted octanol–water partition coefficient (Wildman–Crippen LogP) is 3.40. The molecular weight excluding hydrogens is 549 g/mol. The van der Waals surface area contributed by atoms with Crippen LogP contribution in [-0.2, 0) is 23.9 Å². The van der Waals surface area contributed by atoms with E-state index in [1.54, 1.807) is 6.92 Å². The number of benzene rings is 2. The summed E-state index contributed by atoms with van der Waals surface area (Å²) in [5.41, 5.74) is 1.83. The first-order valence-electron chi connectivity index (χ1n) is 13.0. The summed E-state index contributed by atoms with van der Waals surface area (Å²) in [6.07, 6.45) is -3.79. The monoisotopic (exact) mass is 576 g/mol. The van der Waals surface area contributed by atoms with E-state index in [1.165, 1.54) is 12.0 Å². The number of alkyl halides is 3. The highest BCUT2D eigenvalue weighted by molar-refractivity contribution is 6.09. The van der Waals surface area contributed by atoms with Gasteiger partial charge in [0.2, 0.25) is 18.6 Å². The standard InChI is InChI=1S/C26H26N2O6.C2HF3O2/c1-3-27-23(29)20-21(24(27)30)26(25(31)32-2)11-4-12-28(26)22(20)16-7-5-15(6-8-16)17-9-10-18-19(13-17)34-14-33-18;3-2(4,5)1(6)7/h5-10,13,20-22H,3-4,11-12,14H2,1-2H3;(H,6,7)/t20-,21-,22-,26+;/m1./s1. The van der Waals surface area contributed by atoms with Crippen LogP contribution in [0.15, 0.2) is 42.5 Å². The van der Waals surface area contributed by atoms with Crippen molar-refractivity contribution in [2.24, 2.45) is 11.8 Å². The smallest absolute Gasteiger partial charge is 0.475 e. The van der Waals surface area contributed by atoms with Gasteiger partial charge in [0, 0.05) is 12.6 Å². The number of esters is 1. The molecule has 0 radical (unpaired) electrons. The van der Waals surface area contributed by atoms with Crippen LogP contribution >= 0.6 is 0 Å². The number of aliphatic carboxylic acids is 1. The van der Waals surface area contributed by atoms with E-state index >= 15 is 0 Å². The Morgan fingerprint density at radius 3 is 2.29 bits per heavy atom. The molecule has 2 aromatic rings. The molecule has 3 fully saturated rings. The molecule has 0 aliphatic carbocycles. The molecule has 0 bridgehead atoms. The number of hydrogen-bond donors (Lipinski definition) is 1.